The number of nitrogen functional groups attached to an aromatic ring is 1. The summed E-state index contributed by atoms with van der Waals surface area (Å²) < 4.78 is 1.13. The Balaban J connectivity index is 2.48. The van der Waals surface area contributed by atoms with Crippen molar-refractivity contribution in [2.24, 2.45) is 0 Å². The van der Waals surface area contributed by atoms with Gasteiger partial charge in [-0.3, -0.25) is 0 Å². The van der Waals surface area contributed by atoms with Crippen LogP contribution in [-0.4, -0.2) is 10.5 Å². The van der Waals surface area contributed by atoms with E-state index in [2.05, 4.69) is 37.1 Å². The minimum Gasteiger partial charge on any atom is -0.395 e. The normalized spacial score (nSPS) is 11.9. The number of anilines is 2. The Kier molecular flexibility index (Phi) is 2.31. The molecule has 0 amide bonds. The Morgan fingerprint density at radius 1 is 1.33 bits per heavy atom. The van der Waals surface area contributed by atoms with Crippen molar-refractivity contribution in [1.82, 2.24) is 4.98 Å². The molecule has 3 N–H and O–H groups in total. The molecule has 1 aromatic heterocycles. The van der Waals surface area contributed by atoms with Crippen molar-refractivity contribution in [1.29, 1.82) is 0 Å². The van der Waals surface area contributed by atoms with Crippen molar-refractivity contribution in [3.05, 3.63) is 17.6 Å². The van der Waals surface area contributed by atoms with Gasteiger partial charge in [-0.1, -0.05) is 0 Å². The van der Waals surface area contributed by atoms with Gasteiger partial charge in [0.05, 0.1) is 21.6 Å². The Labute approximate surface area is 93.3 Å². The molecule has 4 heteroatoms. The number of hydrogen-bond acceptors (Lipinski definition) is 4. The molecule has 0 aliphatic heterocycles. The van der Waals surface area contributed by atoms with E-state index in [1.807, 2.05) is 11.6 Å². The summed E-state index contributed by atoms with van der Waals surface area (Å²) in [5, 5.41) is 3.37. The highest BCUT2D eigenvalue weighted by Crippen LogP contribution is 2.31. The van der Waals surface area contributed by atoms with Gasteiger partial charge in [0, 0.05) is 5.54 Å². The number of rotatable bonds is 1. The largest absolute Gasteiger partial charge is 0.395 e. The number of benzene rings is 1. The molecule has 80 valence electrons. The molecule has 1 heterocycles. The third kappa shape index (κ3) is 2.04. The fourth-order valence-corrected chi connectivity index (χ4v) is 2.16. The lowest BCUT2D eigenvalue weighted by Gasteiger charge is -2.23. The van der Waals surface area contributed by atoms with Crippen LogP contribution in [0.25, 0.3) is 10.2 Å². The number of nitrogens with zero attached hydrogens (tertiary/aromatic N) is 1. The fourth-order valence-electron chi connectivity index (χ4n) is 1.47. The molecule has 0 unspecified atom stereocenters. The maximum Gasteiger partial charge on any atom is 0.106 e. The number of aromatic nitrogens is 1. The molecule has 15 heavy (non-hydrogen) atoms. The molecule has 0 radical (unpaired) electrons. The third-order valence-electron chi connectivity index (χ3n) is 2.05. The van der Waals surface area contributed by atoms with E-state index in [0.717, 1.165) is 21.6 Å². The zero-order valence-electron chi connectivity index (χ0n) is 9.16. The summed E-state index contributed by atoms with van der Waals surface area (Å²) in [5.74, 6) is 0. The maximum absolute atomic E-state index is 6.05. The van der Waals surface area contributed by atoms with Crippen LogP contribution in [0.4, 0.5) is 11.4 Å². The zero-order valence-corrected chi connectivity index (χ0v) is 9.98. The molecule has 2 rings (SSSR count). The van der Waals surface area contributed by atoms with Crippen molar-refractivity contribution >= 4 is 32.9 Å². The molecule has 1 aromatic carbocycles. The Bertz CT molecular complexity index is 482. The van der Waals surface area contributed by atoms with Crippen LogP contribution in [0.3, 0.4) is 0 Å². The van der Waals surface area contributed by atoms with Crippen molar-refractivity contribution < 1.29 is 0 Å². The van der Waals surface area contributed by atoms with Crippen molar-refractivity contribution in [2.75, 3.05) is 11.1 Å². The predicted molar refractivity (Wildman–Crippen MR) is 67.4 cm³/mol. The number of hydrogen-bond donors (Lipinski definition) is 2. The first-order valence-corrected chi connectivity index (χ1v) is 5.75. The molecule has 0 spiro atoms. The van der Waals surface area contributed by atoms with Gasteiger partial charge < -0.3 is 11.1 Å². The highest BCUT2D eigenvalue weighted by molar-refractivity contribution is 7.16. The van der Waals surface area contributed by atoms with Crippen LogP contribution >= 0.6 is 11.3 Å². The zero-order chi connectivity index (χ0) is 11.1. The molecule has 0 saturated carbocycles. The quantitative estimate of drug-likeness (QED) is 0.727. The lowest BCUT2D eigenvalue weighted by atomic mass is 10.1. The number of nitrogens with one attached hydrogen (secondary N) is 1. The van der Waals surface area contributed by atoms with Crippen LogP contribution in [0, 0.1) is 0 Å². The van der Waals surface area contributed by atoms with Crippen LogP contribution in [-0.2, 0) is 0 Å². The standard InChI is InChI=1S/C11H15N3S/c1-11(2,3)14-7-4-5-8-10(9(7)12)13-6-15-8/h4-6,14H,12H2,1-3H3. The van der Waals surface area contributed by atoms with E-state index < -0.39 is 0 Å². The summed E-state index contributed by atoms with van der Waals surface area (Å²) in [6.07, 6.45) is 0. The average molecular weight is 221 g/mol. The predicted octanol–water partition coefficient (Wildman–Crippen LogP) is 3.09. The maximum atomic E-state index is 6.05. The third-order valence-corrected chi connectivity index (χ3v) is 2.85. The van der Waals surface area contributed by atoms with Gasteiger partial charge in [0.1, 0.15) is 5.52 Å². The Morgan fingerprint density at radius 2 is 2.07 bits per heavy atom. The lowest BCUT2D eigenvalue weighted by molar-refractivity contribution is 0.634. The Morgan fingerprint density at radius 3 is 2.73 bits per heavy atom. The van der Waals surface area contributed by atoms with E-state index in [-0.39, 0.29) is 5.54 Å². The van der Waals surface area contributed by atoms with Gasteiger partial charge in [0.15, 0.2) is 0 Å². The van der Waals surface area contributed by atoms with Crippen molar-refractivity contribution in [2.45, 2.75) is 26.3 Å². The molecule has 0 atom stereocenters. The lowest BCUT2D eigenvalue weighted by Crippen LogP contribution is -2.26. The van der Waals surface area contributed by atoms with Crippen LogP contribution in [0.1, 0.15) is 20.8 Å². The molecule has 0 fully saturated rings. The van der Waals surface area contributed by atoms with Gasteiger partial charge in [-0.25, -0.2) is 4.98 Å². The monoisotopic (exact) mass is 221 g/mol. The van der Waals surface area contributed by atoms with Crippen LogP contribution < -0.4 is 11.1 Å². The van der Waals surface area contributed by atoms with Crippen molar-refractivity contribution in [3.63, 3.8) is 0 Å². The minimum atomic E-state index is 0.0117. The van der Waals surface area contributed by atoms with Gasteiger partial charge >= 0.3 is 0 Å². The van der Waals surface area contributed by atoms with Crippen LogP contribution in [0.5, 0.6) is 0 Å². The summed E-state index contributed by atoms with van der Waals surface area (Å²) in [6, 6.07) is 4.07. The van der Waals surface area contributed by atoms with Gasteiger partial charge in [-0.2, -0.15) is 0 Å². The number of nitrogens with two attached hydrogens (primary N) is 1. The van der Waals surface area contributed by atoms with Gasteiger partial charge in [-0.05, 0) is 32.9 Å². The highest BCUT2D eigenvalue weighted by atomic mass is 32.1. The molecule has 2 aromatic rings. The molecule has 0 aliphatic rings. The first kappa shape index (κ1) is 10.2. The van der Waals surface area contributed by atoms with Crippen LogP contribution in [0.2, 0.25) is 0 Å². The highest BCUT2D eigenvalue weighted by Gasteiger charge is 2.13. The van der Waals surface area contributed by atoms with Crippen molar-refractivity contribution in [3.8, 4) is 0 Å². The van der Waals surface area contributed by atoms with E-state index >= 15 is 0 Å². The summed E-state index contributed by atoms with van der Waals surface area (Å²) in [4.78, 5) is 4.26. The summed E-state index contributed by atoms with van der Waals surface area (Å²) in [5.41, 5.74) is 10.5. The van der Waals surface area contributed by atoms with E-state index in [1.54, 1.807) is 11.3 Å². The first-order valence-electron chi connectivity index (χ1n) is 4.87. The molecule has 0 aliphatic carbocycles. The van der Waals surface area contributed by atoms with E-state index in [4.69, 9.17) is 5.73 Å². The minimum absolute atomic E-state index is 0.0117. The molecular formula is C11H15N3S. The Hall–Kier alpha value is -1.29. The van der Waals surface area contributed by atoms with Gasteiger partial charge in [0.2, 0.25) is 0 Å². The second-order valence-corrected chi connectivity index (χ2v) is 5.49. The second-order valence-electron chi connectivity index (χ2n) is 4.60. The molecule has 0 saturated heterocycles. The second kappa shape index (κ2) is 3.38. The fraction of sp³-hybridized carbons (Fsp3) is 0.364. The summed E-state index contributed by atoms with van der Waals surface area (Å²) in [6.45, 7) is 6.33. The van der Waals surface area contributed by atoms with E-state index in [1.165, 1.54) is 0 Å². The average Bonchev–Trinajstić information content (AvgIpc) is 2.56. The summed E-state index contributed by atoms with van der Waals surface area (Å²) >= 11 is 1.61. The molecular weight excluding hydrogens is 206 g/mol. The first-order chi connectivity index (χ1) is 6.97. The van der Waals surface area contributed by atoms with E-state index in [9.17, 15) is 0 Å². The van der Waals surface area contributed by atoms with Gasteiger partial charge in [0.25, 0.3) is 0 Å². The SMILES string of the molecule is CC(C)(C)Nc1ccc2scnc2c1N. The smallest absolute Gasteiger partial charge is 0.106 e. The van der Waals surface area contributed by atoms with Crippen LogP contribution in [0.15, 0.2) is 17.6 Å². The van der Waals surface area contributed by atoms with Gasteiger partial charge in [-0.15, -0.1) is 11.3 Å². The van der Waals surface area contributed by atoms with E-state index in [0.29, 0.717) is 0 Å². The molecule has 3 nitrogen and oxygen atoms in total. The summed E-state index contributed by atoms with van der Waals surface area (Å²) in [7, 11) is 0. The number of fused-ring (bicyclic) bond motifs is 1. The topological polar surface area (TPSA) is 50.9 Å². The molecule has 0 bridgehead atoms. The number of thiazole rings is 1.